The molecule has 2 aliphatic rings. The Balaban J connectivity index is 1.81. The fourth-order valence-electron chi connectivity index (χ4n) is 4.03. The number of carbonyl (C=O) groups excluding carboxylic acids is 3. The molecule has 2 aliphatic heterocycles. The van der Waals surface area contributed by atoms with Gasteiger partial charge < -0.3 is 15.0 Å². The second kappa shape index (κ2) is 7.29. The average Bonchev–Trinajstić information content (AvgIpc) is 3.08. The van der Waals surface area contributed by atoms with E-state index in [1.165, 1.54) is 41.2 Å². The van der Waals surface area contributed by atoms with Crippen molar-refractivity contribution in [2.24, 2.45) is 0 Å². The van der Waals surface area contributed by atoms with Crippen LogP contribution >= 0.6 is 0 Å². The van der Waals surface area contributed by atoms with Gasteiger partial charge in [0.15, 0.2) is 0 Å². The number of hydrogen-bond donors (Lipinski definition) is 1. The zero-order valence-electron chi connectivity index (χ0n) is 15.9. The highest BCUT2D eigenvalue weighted by molar-refractivity contribution is 6.18. The predicted molar refractivity (Wildman–Crippen MR) is 104 cm³/mol. The Bertz CT molecular complexity index is 978. The van der Waals surface area contributed by atoms with Gasteiger partial charge in [0.05, 0.1) is 17.9 Å². The summed E-state index contributed by atoms with van der Waals surface area (Å²) < 4.78 is 18.4. The van der Waals surface area contributed by atoms with Crippen molar-refractivity contribution in [3.8, 4) is 0 Å². The number of nitrogens with zero attached hydrogens (tertiary/aromatic N) is 2. The Morgan fingerprint density at radius 2 is 1.90 bits per heavy atom. The van der Waals surface area contributed by atoms with Gasteiger partial charge in [-0.15, -0.1) is 0 Å². The van der Waals surface area contributed by atoms with E-state index in [1.807, 2.05) is 0 Å². The van der Waals surface area contributed by atoms with Gasteiger partial charge in [-0.25, -0.2) is 4.39 Å². The maximum absolute atomic E-state index is 13.5. The Labute approximate surface area is 167 Å². The van der Waals surface area contributed by atoms with Gasteiger partial charge in [0.25, 0.3) is 11.8 Å². The zero-order chi connectivity index (χ0) is 20.6. The molecule has 2 aromatic rings. The van der Waals surface area contributed by atoms with Crippen LogP contribution in [0.4, 0.5) is 15.8 Å². The van der Waals surface area contributed by atoms with Crippen molar-refractivity contribution >= 4 is 29.1 Å². The van der Waals surface area contributed by atoms with Crippen LogP contribution in [-0.2, 0) is 14.3 Å². The summed E-state index contributed by atoms with van der Waals surface area (Å²) in [6.07, 6.45) is 0.282. The van der Waals surface area contributed by atoms with E-state index in [4.69, 9.17) is 4.74 Å². The summed E-state index contributed by atoms with van der Waals surface area (Å²) in [5.74, 6) is -1.52. The third-order valence-electron chi connectivity index (χ3n) is 5.36. The minimum atomic E-state index is -1.50. The topological polar surface area (TPSA) is 79.0 Å². The molecule has 2 heterocycles. The first-order valence-electron chi connectivity index (χ1n) is 9.29. The molecule has 0 unspecified atom stereocenters. The Kier molecular flexibility index (Phi) is 4.79. The van der Waals surface area contributed by atoms with Crippen molar-refractivity contribution in [2.75, 3.05) is 30.5 Å². The first-order valence-corrected chi connectivity index (χ1v) is 9.29. The average molecular weight is 397 g/mol. The number of carbonyl (C=O) groups is 3. The zero-order valence-corrected chi connectivity index (χ0v) is 15.9. The van der Waals surface area contributed by atoms with Gasteiger partial charge in [0.1, 0.15) is 5.82 Å². The number of amides is 3. The number of halogens is 1. The predicted octanol–water partition coefficient (Wildman–Crippen LogP) is 2.39. The molecule has 1 fully saturated rings. The molecule has 0 saturated carbocycles. The van der Waals surface area contributed by atoms with Crippen LogP contribution in [0.25, 0.3) is 0 Å². The smallest absolute Gasteiger partial charge is 0.271 e. The van der Waals surface area contributed by atoms with Gasteiger partial charge in [-0.1, -0.05) is 12.1 Å². The summed E-state index contributed by atoms with van der Waals surface area (Å²) in [4.78, 5) is 42.4. The van der Waals surface area contributed by atoms with Crippen LogP contribution in [0.15, 0.2) is 48.5 Å². The Morgan fingerprint density at radius 1 is 1.17 bits per heavy atom. The molecule has 1 atom stereocenters. The summed E-state index contributed by atoms with van der Waals surface area (Å²) >= 11 is 0. The van der Waals surface area contributed by atoms with Crippen LogP contribution < -0.4 is 10.2 Å². The van der Waals surface area contributed by atoms with Gasteiger partial charge in [-0.3, -0.25) is 19.3 Å². The van der Waals surface area contributed by atoms with E-state index in [2.05, 4.69) is 5.32 Å². The van der Waals surface area contributed by atoms with Crippen molar-refractivity contribution in [3.63, 3.8) is 0 Å². The van der Waals surface area contributed by atoms with Crippen molar-refractivity contribution < 1.29 is 23.5 Å². The summed E-state index contributed by atoms with van der Waals surface area (Å²) in [7, 11) is 1.51. The largest absolute Gasteiger partial charge is 0.383 e. The second-order valence-corrected chi connectivity index (χ2v) is 6.97. The van der Waals surface area contributed by atoms with E-state index in [9.17, 15) is 18.8 Å². The first-order chi connectivity index (χ1) is 14.0. The molecule has 2 aromatic carbocycles. The van der Waals surface area contributed by atoms with E-state index >= 15 is 0 Å². The van der Waals surface area contributed by atoms with E-state index < -0.39 is 17.4 Å². The minimum absolute atomic E-state index is 0.127. The highest BCUT2D eigenvalue weighted by Gasteiger charge is 2.60. The van der Waals surface area contributed by atoms with Crippen molar-refractivity contribution in [3.05, 3.63) is 59.9 Å². The summed E-state index contributed by atoms with van der Waals surface area (Å²) in [6, 6.07) is 12.1. The number of para-hydroxylation sites is 1. The molecule has 3 amide bonds. The van der Waals surface area contributed by atoms with Crippen molar-refractivity contribution in [1.82, 2.24) is 4.90 Å². The second-order valence-electron chi connectivity index (χ2n) is 6.97. The molecule has 7 nitrogen and oxygen atoms in total. The fraction of sp³-hybridized carbons (Fsp3) is 0.286. The lowest BCUT2D eigenvalue weighted by Crippen LogP contribution is -2.69. The Hall–Kier alpha value is -3.26. The maximum atomic E-state index is 13.5. The van der Waals surface area contributed by atoms with Crippen LogP contribution in [-0.4, -0.2) is 48.5 Å². The lowest BCUT2D eigenvalue weighted by atomic mass is 9.95. The van der Waals surface area contributed by atoms with E-state index in [0.717, 1.165) is 0 Å². The normalized spacial score (nSPS) is 20.5. The molecule has 0 aliphatic carbocycles. The highest BCUT2D eigenvalue weighted by Crippen LogP contribution is 2.44. The number of fused-ring (bicyclic) bond motifs is 3. The van der Waals surface area contributed by atoms with E-state index in [-0.39, 0.29) is 37.8 Å². The lowest BCUT2D eigenvalue weighted by molar-refractivity contribution is -0.129. The van der Waals surface area contributed by atoms with Crippen LogP contribution in [0, 0.1) is 5.82 Å². The molecule has 29 heavy (non-hydrogen) atoms. The van der Waals surface area contributed by atoms with Crippen LogP contribution in [0.5, 0.6) is 0 Å². The Morgan fingerprint density at radius 3 is 2.62 bits per heavy atom. The van der Waals surface area contributed by atoms with Gasteiger partial charge in [-0.2, -0.15) is 0 Å². The first kappa shape index (κ1) is 19.1. The lowest BCUT2D eigenvalue weighted by Gasteiger charge is -2.49. The van der Waals surface area contributed by atoms with Crippen molar-refractivity contribution in [1.29, 1.82) is 0 Å². The molecule has 1 saturated heterocycles. The highest BCUT2D eigenvalue weighted by atomic mass is 19.1. The van der Waals surface area contributed by atoms with Crippen LogP contribution in [0.1, 0.15) is 23.2 Å². The van der Waals surface area contributed by atoms with E-state index in [1.54, 1.807) is 24.3 Å². The molecular formula is C21H20FN3O4. The van der Waals surface area contributed by atoms with Gasteiger partial charge in [0.2, 0.25) is 11.6 Å². The fourth-order valence-corrected chi connectivity index (χ4v) is 4.03. The quantitative estimate of drug-likeness (QED) is 0.840. The molecule has 0 spiro atoms. The third kappa shape index (κ3) is 2.96. The third-order valence-corrected chi connectivity index (χ3v) is 5.36. The number of nitrogens with one attached hydrogen (secondary N) is 1. The molecular weight excluding hydrogens is 377 g/mol. The summed E-state index contributed by atoms with van der Waals surface area (Å²) in [5.41, 5.74) is -0.342. The number of methoxy groups -OCH3 is 1. The SMILES string of the molecule is COCCN1C(=O)c2ccccc2N2C(=O)CC[C@@]12C(=O)Nc1ccc(F)cc1. The minimum Gasteiger partial charge on any atom is -0.383 e. The van der Waals surface area contributed by atoms with Gasteiger partial charge in [-0.05, 0) is 36.4 Å². The number of hydrogen-bond acceptors (Lipinski definition) is 4. The van der Waals surface area contributed by atoms with Crippen molar-refractivity contribution in [2.45, 2.75) is 18.5 Å². The molecule has 1 N–H and O–H groups in total. The molecule has 150 valence electrons. The number of anilines is 2. The molecule has 8 heteroatoms. The molecule has 0 radical (unpaired) electrons. The summed E-state index contributed by atoms with van der Waals surface area (Å²) in [5, 5.41) is 2.75. The standard InChI is InChI=1S/C21H20FN3O4/c1-29-13-12-24-19(27)16-4-2-3-5-17(16)25-18(26)10-11-21(24,25)20(28)23-15-8-6-14(22)7-9-15/h2-9H,10-13H2,1H3,(H,23,28)/t21-/m1/s1. The van der Waals surface area contributed by atoms with Gasteiger partial charge >= 0.3 is 0 Å². The monoisotopic (exact) mass is 397 g/mol. The number of ether oxygens (including phenoxy) is 1. The maximum Gasteiger partial charge on any atom is 0.271 e. The van der Waals surface area contributed by atoms with E-state index in [0.29, 0.717) is 16.9 Å². The molecule has 0 bridgehead atoms. The number of benzene rings is 2. The summed E-state index contributed by atoms with van der Waals surface area (Å²) in [6.45, 7) is 0.353. The van der Waals surface area contributed by atoms with Gasteiger partial charge in [0, 0.05) is 32.2 Å². The molecule has 4 rings (SSSR count). The van der Waals surface area contributed by atoms with Crippen LogP contribution in [0.2, 0.25) is 0 Å². The number of rotatable bonds is 5. The van der Waals surface area contributed by atoms with Crippen LogP contribution in [0.3, 0.4) is 0 Å². The molecule has 0 aromatic heterocycles.